The Morgan fingerprint density at radius 2 is 1.84 bits per heavy atom. The molecule has 0 saturated heterocycles. The van der Waals surface area contributed by atoms with Crippen LogP contribution in [0.2, 0.25) is 0 Å². The van der Waals surface area contributed by atoms with Crippen molar-refractivity contribution in [3.63, 3.8) is 0 Å². The highest BCUT2D eigenvalue weighted by molar-refractivity contribution is 6.04. The summed E-state index contributed by atoms with van der Waals surface area (Å²) in [5.74, 6) is -1.27. The summed E-state index contributed by atoms with van der Waals surface area (Å²) in [5, 5.41) is 7.18. The molecule has 0 saturated carbocycles. The zero-order chi connectivity index (χ0) is 26.7. The number of ether oxygens (including phenoxy) is 1. The van der Waals surface area contributed by atoms with Crippen LogP contribution in [0, 0.1) is 0 Å². The average molecular weight is 515 g/mol. The Morgan fingerprint density at radius 1 is 1.11 bits per heavy atom. The fourth-order valence-electron chi connectivity index (χ4n) is 4.29. The van der Waals surface area contributed by atoms with Gasteiger partial charge >= 0.3 is 12.1 Å². The predicted molar refractivity (Wildman–Crippen MR) is 128 cm³/mol. The van der Waals surface area contributed by atoms with Crippen molar-refractivity contribution in [2.45, 2.75) is 38.9 Å². The number of alkyl halides is 3. The van der Waals surface area contributed by atoms with E-state index in [-0.39, 0.29) is 31.6 Å². The number of fused-ring (bicyclic) bond motifs is 1. The van der Waals surface area contributed by atoms with Gasteiger partial charge in [0.2, 0.25) is 0 Å². The Balaban J connectivity index is 1.71. The quantitative estimate of drug-likeness (QED) is 0.486. The summed E-state index contributed by atoms with van der Waals surface area (Å²) in [4.78, 5) is 40.1. The van der Waals surface area contributed by atoms with E-state index in [0.29, 0.717) is 22.8 Å². The van der Waals surface area contributed by atoms with Gasteiger partial charge in [0.1, 0.15) is 11.9 Å². The molecule has 1 aromatic heterocycles. The topological polar surface area (TPSA) is 93.5 Å². The van der Waals surface area contributed by atoms with E-state index in [1.165, 1.54) is 11.0 Å². The van der Waals surface area contributed by atoms with Crippen LogP contribution < -0.4 is 10.2 Å². The summed E-state index contributed by atoms with van der Waals surface area (Å²) >= 11 is 0. The van der Waals surface area contributed by atoms with E-state index in [2.05, 4.69) is 10.4 Å². The fourth-order valence-corrected chi connectivity index (χ4v) is 4.29. The third-order valence-electron chi connectivity index (χ3n) is 5.96. The molecule has 2 aromatic carbocycles. The maximum atomic E-state index is 13.4. The average Bonchev–Trinajstić information content (AvgIpc) is 3.22. The molecule has 1 atom stereocenters. The molecule has 0 bridgehead atoms. The zero-order valence-electron chi connectivity index (χ0n) is 20.2. The Morgan fingerprint density at radius 3 is 2.49 bits per heavy atom. The summed E-state index contributed by atoms with van der Waals surface area (Å²) in [7, 11) is 0. The van der Waals surface area contributed by atoms with Gasteiger partial charge in [-0.2, -0.15) is 18.3 Å². The lowest BCUT2D eigenvalue weighted by atomic mass is 9.97. The second-order valence-electron chi connectivity index (χ2n) is 8.37. The number of carbonyl (C=O) groups is 3. The molecule has 4 rings (SSSR count). The van der Waals surface area contributed by atoms with Gasteiger partial charge in [-0.1, -0.05) is 24.3 Å². The van der Waals surface area contributed by atoms with Crippen molar-refractivity contribution in [2.75, 3.05) is 18.1 Å². The fraction of sp³-hybridized carbons (Fsp3) is 0.308. The van der Waals surface area contributed by atoms with Crippen molar-refractivity contribution in [2.24, 2.45) is 0 Å². The van der Waals surface area contributed by atoms with Gasteiger partial charge in [0.25, 0.3) is 11.8 Å². The summed E-state index contributed by atoms with van der Waals surface area (Å²) in [6, 6.07) is 12.0. The Hall–Kier alpha value is -4.15. The number of anilines is 1. The number of carbonyl (C=O) groups excluding carboxylic acids is 3. The van der Waals surface area contributed by atoms with Crippen LogP contribution in [0.25, 0.3) is 5.69 Å². The van der Waals surface area contributed by atoms with Crippen LogP contribution in [0.3, 0.4) is 0 Å². The maximum Gasteiger partial charge on any atom is 0.416 e. The van der Waals surface area contributed by atoms with E-state index < -0.39 is 35.6 Å². The van der Waals surface area contributed by atoms with E-state index in [1.807, 2.05) is 18.2 Å². The van der Waals surface area contributed by atoms with Gasteiger partial charge in [0, 0.05) is 24.1 Å². The summed E-state index contributed by atoms with van der Waals surface area (Å²) in [6.07, 6.45) is -4.74. The van der Waals surface area contributed by atoms with Crippen LogP contribution >= 0.6 is 0 Å². The first-order valence-electron chi connectivity index (χ1n) is 11.7. The molecule has 0 fully saturated rings. The molecule has 1 N–H and O–H groups in total. The number of esters is 1. The molecule has 37 heavy (non-hydrogen) atoms. The van der Waals surface area contributed by atoms with Crippen molar-refractivity contribution in [3.8, 4) is 5.69 Å². The highest BCUT2D eigenvalue weighted by atomic mass is 19.4. The number of aromatic nitrogens is 2. The van der Waals surface area contributed by atoms with Crippen molar-refractivity contribution < 1.29 is 32.3 Å². The first kappa shape index (κ1) is 25.9. The summed E-state index contributed by atoms with van der Waals surface area (Å²) in [5.41, 5.74) is 0.456. The van der Waals surface area contributed by atoms with E-state index in [1.54, 1.807) is 30.7 Å². The van der Waals surface area contributed by atoms with Gasteiger partial charge in [-0.3, -0.25) is 19.3 Å². The predicted octanol–water partition coefficient (Wildman–Crippen LogP) is 3.70. The minimum absolute atomic E-state index is 0.0109. The van der Waals surface area contributed by atoms with E-state index in [0.717, 1.165) is 18.2 Å². The number of nitrogens with one attached hydrogen (secondary N) is 1. The third-order valence-corrected chi connectivity index (χ3v) is 5.96. The lowest BCUT2D eigenvalue weighted by Gasteiger charge is -2.33. The number of benzene rings is 2. The van der Waals surface area contributed by atoms with Crippen LogP contribution in [-0.4, -0.2) is 46.8 Å². The van der Waals surface area contributed by atoms with Gasteiger partial charge in [0.15, 0.2) is 0 Å². The number of halogens is 3. The Labute approximate surface area is 211 Å². The molecule has 0 spiro atoms. The normalized spacial score (nSPS) is 15.3. The smallest absolute Gasteiger partial charge is 0.416 e. The minimum atomic E-state index is -4.61. The number of rotatable bonds is 7. The molecule has 2 amide bonds. The molecule has 3 aromatic rings. The molecular weight excluding hydrogens is 489 g/mol. The van der Waals surface area contributed by atoms with Gasteiger partial charge in [-0.15, -0.1) is 0 Å². The molecule has 1 unspecified atom stereocenters. The highest BCUT2D eigenvalue weighted by Crippen LogP contribution is 2.34. The zero-order valence-corrected chi connectivity index (χ0v) is 20.2. The van der Waals surface area contributed by atoms with Gasteiger partial charge in [0.05, 0.1) is 30.0 Å². The van der Waals surface area contributed by atoms with Crippen LogP contribution in [0.15, 0.2) is 54.6 Å². The number of hydrogen-bond acceptors (Lipinski definition) is 5. The Kier molecular flexibility index (Phi) is 7.33. The second kappa shape index (κ2) is 10.5. The molecule has 2 heterocycles. The molecule has 1 aliphatic heterocycles. The van der Waals surface area contributed by atoms with Crippen LogP contribution in [0.1, 0.15) is 41.0 Å². The van der Waals surface area contributed by atoms with Crippen molar-refractivity contribution in [1.29, 1.82) is 0 Å². The van der Waals surface area contributed by atoms with E-state index in [9.17, 15) is 27.6 Å². The third kappa shape index (κ3) is 5.35. The van der Waals surface area contributed by atoms with E-state index in [4.69, 9.17) is 4.74 Å². The molecule has 0 radical (unpaired) electrons. The largest absolute Gasteiger partial charge is 0.466 e. The minimum Gasteiger partial charge on any atom is -0.466 e. The first-order valence-corrected chi connectivity index (χ1v) is 11.7. The van der Waals surface area contributed by atoms with Crippen molar-refractivity contribution in [1.82, 2.24) is 15.1 Å². The lowest BCUT2D eigenvalue weighted by molar-refractivity contribution is -0.142. The monoisotopic (exact) mass is 514 g/mol. The van der Waals surface area contributed by atoms with Crippen molar-refractivity contribution >= 4 is 23.6 Å². The molecule has 8 nitrogen and oxygen atoms in total. The number of amides is 2. The molecular formula is C26H25F3N4O4. The first-order chi connectivity index (χ1) is 17.6. The Bertz CT molecular complexity index is 1320. The lowest BCUT2D eigenvalue weighted by Crippen LogP contribution is -2.53. The molecule has 1 aliphatic rings. The molecule has 194 valence electrons. The summed E-state index contributed by atoms with van der Waals surface area (Å²) < 4.78 is 46.0. The second-order valence-corrected chi connectivity index (χ2v) is 8.37. The molecule has 0 aliphatic carbocycles. The number of nitrogens with zero attached hydrogens (tertiary/aromatic N) is 3. The van der Waals surface area contributed by atoms with Gasteiger partial charge in [-0.05, 0) is 44.2 Å². The van der Waals surface area contributed by atoms with Gasteiger partial charge in [-0.25, -0.2) is 4.68 Å². The van der Waals surface area contributed by atoms with Crippen molar-refractivity contribution in [3.05, 3.63) is 77.0 Å². The molecule has 11 heteroatoms. The standard InChI is InChI=1S/C26H25F3N4O4/c1-3-32-24-19(20(15-22(34)37-4-2)31-33(24)18-11-6-5-7-12-18)14-21(25(32)36)30-23(35)16-9-8-10-17(13-16)26(27,28)29/h5-13,21H,3-4,14-15H2,1-2H3,(H,30,35). The summed E-state index contributed by atoms with van der Waals surface area (Å²) in [6.45, 7) is 3.87. The number of para-hydroxylation sites is 1. The van der Waals surface area contributed by atoms with Crippen LogP contribution in [0.4, 0.5) is 19.0 Å². The van der Waals surface area contributed by atoms with Crippen LogP contribution in [0.5, 0.6) is 0 Å². The number of hydrogen-bond donors (Lipinski definition) is 1. The van der Waals surface area contributed by atoms with Gasteiger partial charge < -0.3 is 10.1 Å². The maximum absolute atomic E-state index is 13.4. The van der Waals surface area contributed by atoms with E-state index >= 15 is 0 Å². The van der Waals surface area contributed by atoms with Crippen LogP contribution in [-0.2, 0) is 33.3 Å². The number of likely N-dealkylation sites (N-methyl/N-ethyl adjacent to an activating group) is 1. The SMILES string of the molecule is CCOC(=O)Cc1nn(-c2ccccc2)c2c1CC(NC(=O)c1cccc(C(F)(F)F)c1)C(=O)N2CC. The highest BCUT2D eigenvalue weighted by Gasteiger charge is 2.39.